The number of ether oxygens (including phenoxy) is 3. The van der Waals surface area contributed by atoms with Crippen LogP contribution in [-0.4, -0.2) is 31.4 Å². The molecule has 15 heavy (non-hydrogen) atoms. The Morgan fingerprint density at radius 2 is 1.73 bits per heavy atom. The number of esters is 1. The highest BCUT2D eigenvalue weighted by Crippen LogP contribution is 1.94. The summed E-state index contributed by atoms with van der Waals surface area (Å²) in [6.07, 6.45) is -0.0305. The molecule has 0 N–H and O–H groups in total. The molecule has 0 fully saturated rings. The second-order valence-corrected chi connectivity index (χ2v) is 3.19. The lowest BCUT2D eigenvalue weighted by molar-refractivity contribution is -0.143. The summed E-state index contributed by atoms with van der Waals surface area (Å²) in [5.41, 5.74) is 0. The molecule has 0 aliphatic heterocycles. The fourth-order valence-corrected chi connectivity index (χ4v) is 0.729. The molecule has 5 heteroatoms. The Bertz CT molecular complexity index is 200. The standard InChI is InChI=1S/C10H18O5/c1-4-9(11)13-6-5-7-14-10(12)15-8(2)3/h8H,4-7H2,1-3H3. The Labute approximate surface area is 89.7 Å². The van der Waals surface area contributed by atoms with E-state index < -0.39 is 6.16 Å². The third-order valence-electron chi connectivity index (χ3n) is 1.39. The van der Waals surface area contributed by atoms with E-state index in [0.29, 0.717) is 12.8 Å². The van der Waals surface area contributed by atoms with Crippen LogP contribution < -0.4 is 0 Å². The molecule has 0 bridgehead atoms. The van der Waals surface area contributed by atoms with Crippen molar-refractivity contribution in [2.45, 2.75) is 39.7 Å². The first-order chi connectivity index (χ1) is 7.06. The molecule has 0 radical (unpaired) electrons. The fraction of sp³-hybridized carbons (Fsp3) is 0.800. The molecule has 0 unspecified atom stereocenters. The topological polar surface area (TPSA) is 61.8 Å². The highest BCUT2D eigenvalue weighted by Gasteiger charge is 2.05. The van der Waals surface area contributed by atoms with Crippen LogP contribution in [0.15, 0.2) is 0 Å². The molecule has 0 aliphatic rings. The average Bonchev–Trinajstić information content (AvgIpc) is 2.15. The lowest BCUT2D eigenvalue weighted by atomic mass is 10.4. The van der Waals surface area contributed by atoms with Crippen LogP contribution in [0, 0.1) is 0 Å². The molecule has 0 aromatic carbocycles. The van der Waals surface area contributed by atoms with E-state index in [1.165, 1.54) is 0 Å². The van der Waals surface area contributed by atoms with E-state index in [4.69, 9.17) is 14.2 Å². The van der Waals surface area contributed by atoms with Crippen LogP contribution in [0.2, 0.25) is 0 Å². The van der Waals surface area contributed by atoms with Crippen molar-refractivity contribution in [2.24, 2.45) is 0 Å². The van der Waals surface area contributed by atoms with Gasteiger partial charge in [0, 0.05) is 12.8 Å². The van der Waals surface area contributed by atoms with E-state index in [-0.39, 0.29) is 25.3 Å². The van der Waals surface area contributed by atoms with Crippen LogP contribution in [0.1, 0.15) is 33.6 Å². The first kappa shape index (κ1) is 13.7. The number of hydrogen-bond donors (Lipinski definition) is 0. The fourth-order valence-electron chi connectivity index (χ4n) is 0.729. The van der Waals surface area contributed by atoms with Crippen LogP contribution in [0.3, 0.4) is 0 Å². The molecule has 88 valence electrons. The van der Waals surface area contributed by atoms with Gasteiger partial charge in [-0.05, 0) is 13.8 Å². The summed E-state index contributed by atoms with van der Waals surface area (Å²) in [6, 6.07) is 0. The second-order valence-electron chi connectivity index (χ2n) is 3.19. The molecule has 0 aromatic rings. The van der Waals surface area contributed by atoms with Crippen LogP contribution >= 0.6 is 0 Å². The minimum absolute atomic E-state index is 0.185. The average molecular weight is 218 g/mol. The van der Waals surface area contributed by atoms with Crippen LogP contribution in [0.25, 0.3) is 0 Å². The number of carbonyl (C=O) groups excluding carboxylic acids is 2. The Balaban J connectivity index is 3.31. The van der Waals surface area contributed by atoms with Gasteiger partial charge >= 0.3 is 12.1 Å². The highest BCUT2D eigenvalue weighted by molar-refractivity contribution is 5.68. The lowest BCUT2D eigenvalue weighted by Crippen LogP contribution is -2.14. The zero-order chi connectivity index (χ0) is 11.7. The molecular weight excluding hydrogens is 200 g/mol. The molecule has 0 saturated heterocycles. The molecule has 5 nitrogen and oxygen atoms in total. The zero-order valence-corrected chi connectivity index (χ0v) is 9.45. The van der Waals surface area contributed by atoms with E-state index in [1.807, 2.05) is 0 Å². The molecule has 0 aliphatic carbocycles. The monoisotopic (exact) mass is 218 g/mol. The van der Waals surface area contributed by atoms with Gasteiger partial charge in [-0.1, -0.05) is 6.92 Å². The van der Waals surface area contributed by atoms with Gasteiger partial charge in [0.15, 0.2) is 0 Å². The highest BCUT2D eigenvalue weighted by atomic mass is 16.7. The van der Waals surface area contributed by atoms with E-state index in [0.717, 1.165) is 0 Å². The predicted octanol–water partition coefficient (Wildman–Crippen LogP) is 1.89. The summed E-state index contributed by atoms with van der Waals surface area (Å²) >= 11 is 0. The summed E-state index contributed by atoms with van der Waals surface area (Å²) in [7, 11) is 0. The van der Waals surface area contributed by atoms with Gasteiger partial charge in [0.25, 0.3) is 0 Å². The third kappa shape index (κ3) is 9.05. The van der Waals surface area contributed by atoms with Crippen LogP contribution in [0.4, 0.5) is 4.79 Å². The summed E-state index contributed by atoms with van der Waals surface area (Å²) in [4.78, 5) is 21.6. The molecule has 0 amide bonds. The van der Waals surface area contributed by atoms with Crippen LogP contribution in [-0.2, 0) is 19.0 Å². The molecule has 0 atom stereocenters. The van der Waals surface area contributed by atoms with Crippen molar-refractivity contribution < 1.29 is 23.8 Å². The van der Waals surface area contributed by atoms with Crippen molar-refractivity contribution in [2.75, 3.05) is 13.2 Å². The third-order valence-corrected chi connectivity index (χ3v) is 1.39. The maximum Gasteiger partial charge on any atom is 0.508 e. The number of carbonyl (C=O) groups is 2. The minimum atomic E-state index is -0.688. The maximum atomic E-state index is 10.9. The van der Waals surface area contributed by atoms with Crippen molar-refractivity contribution in [3.8, 4) is 0 Å². The molecule has 0 aromatic heterocycles. The summed E-state index contributed by atoms with van der Waals surface area (Å²) in [6.45, 7) is 5.66. The molecule has 0 rings (SSSR count). The van der Waals surface area contributed by atoms with Gasteiger partial charge < -0.3 is 14.2 Å². The summed E-state index contributed by atoms with van der Waals surface area (Å²) in [5, 5.41) is 0. The van der Waals surface area contributed by atoms with Gasteiger partial charge in [-0.3, -0.25) is 4.79 Å². The van der Waals surface area contributed by atoms with Gasteiger partial charge in [-0.15, -0.1) is 0 Å². The van der Waals surface area contributed by atoms with Gasteiger partial charge in [0.05, 0.1) is 19.3 Å². The van der Waals surface area contributed by atoms with Crippen molar-refractivity contribution in [3.63, 3.8) is 0 Å². The van der Waals surface area contributed by atoms with E-state index >= 15 is 0 Å². The van der Waals surface area contributed by atoms with Crippen LogP contribution in [0.5, 0.6) is 0 Å². The smallest absolute Gasteiger partial charge is 0.466 e. The van der Waals surface area contributed by atoms with Gasteiger partial charge in [-0.25, -0.2) is 4.79 Å². The Hall–Kier alpha value is -1.26. The zero-order valence-electron chi connectivity index (χ0n) is 9.45. The normalized spacial score (nSPS) is 9.87. The quantitative estimate of drug-likeness (QED) is 0.503. The lowest BCUT2D eigenvalue weighted by Gasteiger charge is -2.08. The largest absolute Gasteiger partial charge is 0.508 e. The molecule has 0 saturated carbocycles. The molecular formula is C10H18O5. The van der Waals surface area contributed by atoms with E-state index in [2.05, 4.69) is 0 Å². The van der Waals surface area contributed by atoms with Crippen molar-refractivity contribution >= 4 is 12.1 Å². The van der Waals surface area contributed by atoms with E-state index in [1.54, 1.807) is 20.8 Å². The van der Waals surface area contributed by atoms with Crippen molar-refractivity contribution in [3.05, 3.63) is 0 Å². The molecule has 0 heterocycles. The second kappa shape index (κ2) is 8.08. The van der Waals surface area contributed by atoms with Crippen molar-refractivity contribution in [1.82, 2.24) is 0 Å². The Morgan fingerprint density at radius 1 is 1.13 bits per heavy atom. The SMILES string of the molecule is CCC(=O)OCCCOC(=O)OC(C)C. The first-order valence-electron chi connectivity index (χ1n) is 5.05. The Kier molecular flexibility index (Phi) is 7.40. The van der Waals surface area contributed by atoms with Gasteiger partial charge in [0.2, 0.25) is 0 Å². The molecule has 0 spiro atoms. The van der Waals surface area contributed by atoms with Gasteiger partial charge in [0.1, 0.15) is 0 Å². The maximum absolute atomic E-state index is 10.9. The number of rotatable bonds is 6. The minimum Gasteiger partial charge on any atom is -0.466 e. The predicted molar refractivity (Wildman–Crippen MR) is 53.4 cm³/mol. The van der Waals surface area contributed by atoms with E-state index in [9.17, 15) is 9.59 Å². The first-order valence-corrected chi connectivity index (χ1v) is 5.05. The summed E-state index contributed by atoms with van der Waals surface area (Å²) < 4.78 is 14.2. The summed E-state index contributed by atoms with van der Waals surface area (Å²) in [5.74, 6) is -0.250. The Morgan fingerprint density at radius 3 is 2.27 bits per heavy atom. The number of hydrogen-bond acceptors (Lipinski definition) is 5. The van der Waals surface area contributed by atoms with Gasteiger partial charge in [-0.2, -0.15) is 0 Å². The van der Waals surface area contributed by atoms with Crippen molar-refractivity contribution in [1.29, 1.82) is 0 Å².